The molecular weight excluding hydrogens is 270 g/mol. The van der Waals surface area contributed by atoms with Gasteiger partial charge in [0.05, 0.1) is 24.7 Å². The highest BCUT2D eigenvalue weighted by molar-refractivity contribution is 7.90. The van der Waals surface area contributed by atoms with Crippen LogP contribution in [0.25, 0.3) is 0 Å². The van der Waals surface area contributed by atoms with Crippen molar-refractivity contribution < 1.29 is 13.2 Å². The summed E-state index contributed by atoms with van der Waals surface area (Å²) in [5.74, 6) is 0.169. The van der Waals surface area contributed by atoms with Crippen molar-refractivity contribution in [3.8, 4) is 5.75 Å². The molecule has 1 heterocycles. The molecular formula is C10H13N5O3S. The van der Waals surface area contributed by atoms with Crippen LogP contribution in [-0.4, -0.2) is 35.7 Å². The monoisotopic (exact) mass is 283 g/mol. The first-order chi connectivity index (χ1) is 8.92. The first-order valence-electron chi connectivity index (χ1n) is 5.31. The molecule has 0 radical (unpaired) electrons. The minimum absolute atomic E-state index is 0.000645. The fourth-order valence-corrected chi connectivity index (χ4v) is 2.87. The average molecular weight is 283 g/mol. The molecule has 0 saturated carbocycles. The second kappa shape index (κ2) is 4.84. The molecule has 1 aromatic carbocycles. The van der Waals surface area contributed by atoms with Crippen molar-refractivity contribution in [1.29, 1.82) is 0 Å². The van der Waals surface area contributed by atoms with Gasteiger partial charge in [0.25, 0.3) is 0 Å². The lowest BCUT2D eigenvalue weighted by atomic mass is 10.3. The molecule has 2 N–H and O–H groups in total. The van der Waals surface area contributed by atoms with Crippen molar-refractivity contribution in [2.45, 2.75) is 10.6 Å². The van der Waals surface area contributed by atoms with E-state index in [1.165, 1.54) is 24.0 Å². The smallest absolute Gasteiger partial charge is 0.190 e. The second-order valence-electron chi connectivity index (χ2n) is 3.86. The van der Waals surface area contributed by atoms with Crippen LogP contribution in [0, 0.1) is 0 Å². The number of anilines is 1. The number of nitrogens with zero attached hydrogens (tertiary/aromatic N) is 4. The predicted octanol–water partition coefficient (Wildman–Crippen LogP) is -0.225. The molecule has 0 aliphatic carbocycles. The molecule has 19 heavy (non-hydrogen) atoms. The highest BCUT2D eigenvalue weighted by Crippen LogP contribution is 2.26. The first-order valence-corrected chi connectivity index (χ1v) is 6.97. The van der Waals surface area contributed by atoms with Gasteiger partial charge in [0.1, 0.15) is 11.5 Å². The van der Waals surface area contributed by atoms with E-state index in [2.05, 4.69) is 15.4 Å². The number of nitrogen functional groups attached to an aromatic ring is 1. The summed E-state index contributed by atoms with van der Waals surface area (Å²) < 4.78 is 29.5. The van der Waals surface area contributed by atoms with Crippen molar-refractivity contribution in [3.05, 3.63) is 24.0 Å². The molecule has 0 aliphatic heterocycles. The van der Waals surface area contributed by atoms with Crippen LogP contribution in [-0.2, 0) is 22.6 Å². The van der Waals surface area contributed by atoms with Gasteiger partial charge in [-0.3, -0.25) is 0 Å². The van der Waals surface area contributed by atoms with Gasteiger partial charge in [0.15, 0.2) is 15.7 Å². The van der Waals surface area contributed by atoms with E-state index < -0.39 is 9.84 Å². The molecule has 0 atom stereocenters. The first kappa shape index (κ1) is 13.3. The van der Waals surface area contributed by atoms with E-state index >= 15 is 0 Å². The summed E-state index contributed by atoms with van der Waals surface area (Å²) in [5.41, 5.74) is 5.85. The Morgan fingerprint density at radius 1 is 1.42 bits per heavy atom. The van der Waals surface area contributed by atoms with Gasteiger partial charge in [0.2, 0.25) is 0 Å². The number of aromatic nitrogens is 4. The molecule has 8 nitrogen and oxygen atoms in total. The van der Waals surface area contributed by atoms with Crippen molar-refractivity contribution in [2.75, 3.05) is 12.8 Å². The van der Waals surface area contributed by atoms with Gasteiger partial charge < -0.3 is 10.5 Å². The van der Waals surface area contributed by atoms with Crippen molar-refractivity contribution in [1.82, 2.24) is 20.2 Å². The van der Waals surface area contributed by atoms with E-state index in [1.807, 2.05) is 0 Å². The number of benzene rings is 1. The molecule has 0 saturated heterocycles. The number of hydrogen-bond donors (Lipinski definition) is 1. The fraction of sp³-hybridized carbons (Fsp3) is 0.300. The molecule has 0 spiro atoms. The Labute approximate surface area is 110 Å². The van der Waals surface area contributed by atoms with Crippen LogP contribution in [0.2, 0.25) is 0 Å². The maximum atomic E-state index is 12.2. The number of tetrazole rings is 1. The normalized spacial score (nSPS) is 11.5. The number of hydrogen-bond acceptors (Lipinski definition) is 7. The third kappa shape index (κ3) is 2.81. The minimum Gasteiger partial charge on any atom is -0.497 e. The summed E-state index contributed by atoms with van der Waals surface area (Å²) >= 11 is 0. The van der Waals surface area contributed by atoms with Crippen LogP contribution in [0.15, 0.2) is 23.1 Å². The van der Waals surface area contributed by atoms with Gasteiger partial charge in [0, 0.05) is 6.07 Å². The molecule has 0 bridgehead atoms. The summed E-state index contributed by atoms with van der Waals surface area (Å²) in [7, 11) is -0.637. The Balaban J connectivity index is 2.39. The van der Waals surface area contributed by atoms with E-state index in [0.29, 0.717) is 5.75 Å². The quantitative estimate of drug-likeness (QED) is 0.771. The molecule has 0 aliphatic rings. The maximum Gasteiger partial charge on any atom is 0.190 e. The lowest BCUT2D eigenvalue weighted by Gasteiger charge is -2.07. The Morgan fingerprint density at radius 3 is 2.74 bits per heavy atom. The zero-order chi connectivity index (χ0) is 14.0. The van der Waals surface area contributed by atoms with Crippen LogP contribution >= 0.6 is 0 Å². The molecule has 0 fully saturated rings. The Bertz CT molecular complexity index is 695. The van der Waals surface area contributed by atoms with Crippen molar-refractivity contribution >= 4 is 15.5 Å². The Hall–Kier alpha value is -2.16. The maximum absolute atomic E-state index is 12.2. The lowest BCUT2D eigenvalue weighted by Crippen LogP contribution is -2.09. The summed E-state index contributed by atoms with van der Waals surface area (Å²) in [6.45, 7) is 0. The highest BCUT2D eigenvalue weighted by atomic mass is 32.2. The number of aryl methyl sites for hydroxylation is 1. The number of methoxy groups -OCH3 is 1. The molecule has 2 aromatic rings. The van der Waals surface area contributed by atoms with E-state index in [9.17, 15) is 8.42 Å². The van der Waals surface area contributed by atoms with Gasteiger partial charge in [-0.25, -0.2) is 8.42 Å². The van der Waals surface area contributed by atoms with Crippen LogP contribution in [0.4, 0.5) is 5.69 Å². The lowest BCUT2D eigenvalue weighted by molar-refractivity contribution is 0.413. The van der Waals surface area contributed by atoms with E-state index in [4.69, 9.17) is 10.5 Å². The zero-order valence-corrected chi connectivity index (χ0v) is 11.3. The number of rotatable bonds is 4. The highest BCUT2D eigenvalue weighted by Gasteiger charge is 2.21. The molecule has 2 rings (SSSR count). The van der Waals surface area contributed by atoms with Crippen molar-refractivity contribution in [2.24, 2.45) is 7.05 Å². The summed E-state index contributed by atoms with van der Waals surface area (Å²) in [5, 5.41) is 11.1. The van der Waals surface area contributed by atoms with Gasteiger partial charge in [-0.2, -0.15) is 4.80 Å². The van der Waals surface area contributed by atoms with Crippen LogP contribution < -0.4 is 10.5 Å². The molecule has 1 aromatic heterocycles. The minimum atomic E-state index is -3.65. The number of nitrogens with two attached hydrogens (primary N) is 1. The Morgan fingerprint density at radius 2 is 2.16 bits per heavy atom. The third-order valence-corrected chi connectivity index (χ3v) is 4.09. The predicted molar refractivity (Wildman–Crippen MR) is 67.1 cm³/mol. The average Bonchev–Trinajstić information content (AvgIpc) is 2.74. The fourth-order valence-electron chi connectivity index (χ4n) is 1.54. The SMILES string of the molecule is COc1ccc(N)c(S(=O)(=O)Cc2nnn(C)n2)c1. The standard InChI is InChI=1S/C10H13N5O3S/c1-15-13-10(12-14-15)6-19(16,17)9-5-7(18-2)3-4-8(9)11/h3-5H,6,11H2,1-2H3. The van der Waals surface area contributed by atoms with E-state index in [0.717, 1.165) is 0 Å². The summed E-state index contributed by atoms with van der Waals surface area (Å²) in [6, 6.07) is 4.45. The van der Waals surface area contributed by atoms with E-state index in [1.54, 1.807) is 13.1 Å². The topological polar surface area (TPSA) is 113 Å². The van der Waals surface area contributed by atoms with Crippen molar-refractivity contribution in [3.63, 3.8) is 0 Å². The molecule has 0 unspecified atom stereocenters. The Kier molecular flexibility index (Phi) is 3.38. The summed E-state index contributed by atoms with van der Waals surface area (Å²) in [4.78, 5) is 1.19. The molecule has 102 valence electrons. The molecule has 9 heteroatoms. The van der Waals surface area contributed by atoms with Gasteiger partial charge in [-0.1, -0.05) is 0 Å². The molecule has 0 amide bonds. The third-order valence-electron chi connectivity index (χ3n) is 2.42. The zero-order valence-electron chi connectivity index (χ0n) is 10.4. The van der Waals surface area contributed by atoms with Crippen LogP contribution in [0.5, 0.6) is 5.75 Å². The van der Waals surface area contributed by atoms with Gasteiger partial charge in [-0.05, 0) is 17.3 Å². The van der Waals surface area contributed by atoms with Crippen LogP contribution in [0.3, 0.4) is 0 Å². The second-order valence-corrected chi connectivity index (χ2v) is 5.82. The van der Waals surface area contributed by atoms with Crippen LogP contribution in [0.1, 0.15) is 5.82 Å². The summed E-state index contributed by atoms with van der Waals surface area (Å²) in [6.07, 6.45) is 0. The number of sulfone groups is 1. The largest absolute Gasteiger partial charge is 0.497 e. The number of ether oxygens (including phenoxy) is 1. The van der Waals surface area contributed by atoms with Gasteiger partial charge in [-0.15, -0.1) is 10.2 Å². The van der Waals surface area contributed by atoms with Gasteiger partial charge >= 0.3 is 0 Å². The van der Waals surface area contributed by atoms with E-state index in [-0.39, 0.29) is 22.2 Å².